The van der Waals surface area contributed by atoms with Crippen molar-refractivity contribution in [1.82, 2.24) is 15.1 Å². The highest BCUT2D eigenvalue weighted by Gasteiger charge is 2.40. The zero-order valence-corrected chi connectivity index (χ0v) is 13.9. The fourth-order valence-corrected chi connectivity index (χ4v) is 5.26. The maximum atomic E-state index is 3.94. The van der Waals surface area contributed by atoms with E-state index in [0.717, 1.165) is 6.04 Å². The van der Waals surface area contributed by atoms with Crippen LogP contribution >= 0.6 is 11.8 Å². The van der Waals surface area contributed by atoms with E-state index in [1.165, 1.54) is 82.8 Å². The molecule has 0 bridgehead atoms. The molecule has 3 fully saturated rings. The molecule has 1 unspecified atom stereocenters. The van der Waals surface area contributed by atoms with Crippen LogP contribution in [0.1, 0.15) is 38.5 Å². The Bertz CT molecular complexity index is 290. The molecule has 116 valence electrons. The van der Waals surface area contributed by atoms with Crippen LogP contribution in [0.15, 0.2) is 0 Å². The molecular weight excluding hydrogens is 266 g/mol. The molecule has 3 aliphatic rings. The van der Waals surface area contributed by atoms with Crippen LogP contribution in [0.5, 0.6) is 0 Å². The first-order valence-electron chi connectivity index (χ1n) is 8.53. The van der Waals surface area contributed by atoms with Gasteiger partial charge in [-0.15, -0.1) is 0 Å². The number of nitrogens with one attached hydrogen (secondary N) is 1. The van der Waals surface area contributed by atoms with Crippen molar-refractivity contribution in [1.29, 1.82) is 0 Å². The molecule has 0 amide bonds. The molecule has 4 heteroatoms. The summed E-state index contributed by atoms with van der Waals surface area (Å²) in [5.41, 5.74) is 0.489. The molecule has 2 saturated heterocycles. The van der Waals surface area contributed by atoms with Gasteiger partial charge in [0.05, 0.1) is 0 Å². The van der Waals surface area contributed by atoms with Crippen LogP contribution in [-0.4, -0.2) is 72.7 Å². The highest BCUT2D eigenvalue weighted by molar-refractivity contribution is 7.99. The number of nitrogens with zero attached hydrogens (tertiary/aromatic N) is 2. The van der Waals surface area contributed by atoms with Crippen LogP contribution < -0.4 is 5.32 Å². The molecular formula is C16H31N3S. The third-order valence-electron chi connectivity index (χ3n) is 5.59. The predicted octanol–water partition coefficient (Wildman–Crippen LogP) is 2.03. The van der Waals surface area contributed by atoms with Crippen molar-refractivity contribution < 1.29 is 0 Å². The Labute approximate surface area is 128 Å². The Balaban J connectivity index is 1.56. The first kappa shape index (κ1) is 15.1. The van der Waals surface area contributed by atoms with Crippen LogP contribution in [0.25, 0.3) is 0 Å². The van der Waals surface area contributed by atoms with E-state index in [2.05, 4.69) is 33.9 Å². The van der Waals surface area contributed by atoms with Crippen molar-refractivity contribution in [2.24, 2.45) is 0 Å². The van der Waals surface area contributed by atoms with E-state index < -0.39 is 0 Å². The minimum absolute atomic E-state index is 0.489. The molecule has 0 aromatic heterocycles. The lowest BCUT2D eigenvalue weighted by molar-refractivity contribution is 0.0411. The molecule has 1 aliphatic carbocycles. The van der Waals surface area contributed by atoms with Gasteiger partial charge in [-0.2, -0.15) is 11.8 Å². The van der Waals surface area contributed by atoms with Crippen LogP contribution in [-0.2, 0) is 0 Å². The van der Waals surface area contributed by atoms with Crippen molar-refractivity contribution in [2.45, 2.75) is 50.1 Å². The Morgan fingerprint density at radius 1 is 1.10 bits per heavy atom. The summed E-state index contributed by atoms with van der Waals surface area (Å²) >= 11 is 2.14. The van der Waals surface area contributed by atoms with E-state index >= 15 is 0 Å². The average molecular weight is 298 g/mol. The zero-order chi connectivity index (χ0) is 13.8. The minimum Gasteiger partial charge on any atom is -0.311 e. The summed E-state index contributed by atoms with van der Waals surface area (Å²) in [7, 11) is 2.26. The number of thioether (sulfide) groups is 1. The van der Waals surface area contributed by atoms with Gasteiger partial charge in [-0.25, -0.2) is 0 Å². The van der Waals surface area contributed by atoms with Crippen LogP contribution in [0, 0.1) is 0 Å². The Morgan fingerprint density at radius 2 is 1.85 bits per heavy atom. The van der Waals surface area contributed by atoms with Crippen molar-refractivity contribution in [2.75, 3.05) is 51.3 Å². The predicted molar refractivity (Wildman–Crippen MR) is 88.6 cm³/mol. The van der Waals surface area contributed by atoms with Gasteiger partial charge in [-0.3, -0.25) is 4.90 Å². The molecule has 1 atom stereocenters. The second-order valence-corrected chi connectivity index (χ2v) is 8.17. The monoisotopic (exact) mass is 297 g/mol. The highest BCUT2D eigenvalue weighted by Crippen LogP contribution is 2.35. The standard InChI is InChI=1S/C16H31N3S/c1-18-8-10-19(11-9-18)16(6-2-3-7-16)14-17-15-5-4-12-20-13-15/h15,17H,2-14H2,1H3. The van der Waals surface area contributed by atoms with E-state index in [0.29, 0.717) is 5.54 Å². The third kappa shape index (κ3) is 3.52. The first-order chi connectivity index (χ1) is 9.78. The largest absolute Gasteiger partial charge is 0.311 e. The normalized spacial score (nSPS) is 32.5. The quantitative estimate of drug-likeness (QED) is 0.855. The summed E-state index contributed by atoms with van der Waals surface area (Å²) in [5, 5.41) is 3.94. The van der Waals surface area contributed by atoms with Gasteiger partial charge < -0.3 is 10.2 Å². The van der Waals surface area contributed by atoms with Gasteiger partial charge >= 0.3 is 0 Å². The lowest BCUT2D eigenvalue weighted by atomic mass is 9.93. The highest BCUT2D eigenvalue weighted by atomic mass is 32.2. The third-order valence-corrected chi connectivity index (χ3v) is 6.80. The number of piperazine rings is 1. The molecule has 2 aliphatic heterocycles. The average Bonchev–Trinajstić information content (AvgIpc) is 2.97. The number of likely N-dealkylation sites (N-methyl/N-ethyl adjacent to an activating group) is 1. The summed E-state index contributed by atoms with van der Waals surface area (Å²) < 4.78 is 0. The first-order valence-corrected chi connectivity index (χ1v) is 9.69. The maximum Gasteiger partial charge on any atom is 0.0335 e. The van der Waals surface area contributed by atoms with Gasteiger partial charge in [-0.1, -0.05) is 12.8 Å². The Kier molecular flexibility index (Phi) is 5.29. The molecule has 0 aromatic carbocycles. The van der Waals surface area contributed by atoms with E-state index in [4.69, 9.17) is 0 Å². The summed E-state index contributed by atoms with van der Waals surface area (Å²) in [4.78, 5) is 5.30. The van der Waals surface area contributed by atoms with Gasteiger partial charge in [0.2, 0.25) is 0 Å². The van der Waals surface area contributed by atoms with Crippen LogP contribution in [0.3, 0.4) is 0 Å². The molecule has 3 rings (SSSR count). The molecule has 20 heavy (non-hydrogen) atoms. The molecule has 2 heterocycles. The van der Waals surface area contributed by atoms with Crippen molar-refractivity contribution in [3.8, 4) is 0 Å². The number of rotatable bonds is 4. The van der Waals surface area contributed by atoms with E-state index in [9.17, 15) is 0 Å². The minimum atomic E-state index is 0.489. The number of hydrogen-bond acceptors (Lipinski definition) is 4. The summed E-state index contributed by atoms with van der Waals surface area (Å²) in [6.45, 7) is 6.29. The lowest BCUT2D eigenvalue weighted by Gasteiger charge is -2.46. The van der Waals surface area contributed by atoms with E-state index in [1.54, 1.807) is 0 Å². The molecule has 1 N–H and O–H groups in total. The SMILES string of the molecule is CN1CCN(C2(CNC3CCCSC3)CCCC2)CC1. The topological polar surface area (TPSA) is 18.5 Å². The Hall–Kier alpha value is 0.230. The van der Waals surface area contributed by atoms with Gasteiger partial charge in [-0.05, 0) is 38.5 Å². The number of hydrogen-bond donors (Lipinski definition) is 1. The second-order valence-electron chi connectivity index (χ2n) is 7.02. The molecule has 0 aromatic rings. The van der Waals surface area contributed by atoms with Gasteiger partial charge in [0.1, 0.15) is 0 Å². The summed E-state index contributed by atoms with van der Waals surface area (Å²) in [5.74, 6) is 2.71. The van der Waals surface area contributed by atoms with Crippen molar-refractivity contribution in [3.05, 3.63) is 0 Å². The van der Waals surface area contributed by atoms with Gasteiger partial charge in [0.25, 0.3) is 0 Å². The van der Waals surface area contributed by atoms with Crippen LogP contribution in [0.2, 0.25) is 0 Å². The molecule has 0 spiro atoms. The summed E-state index contributed by atoms with van der Waals surface area (Å²) in [6, 6.07) is 0.777. The fraction of sp³-hybridized carbons (Fsp3) is 1.00. The zero-order valence-electron chi connectivity index (χ0n) is 13.1. The van der Waals surface area contributed by atoms with Crippen molar-refractivity contribution in [3.63, 3.8) is 0 Å². The van der Waals surface area contributed by atoms with Gasteiger partial charge in [0.15, 0.2) is 0 Å². The fourth-order valence-electron chi connectivity index (χ4n) is 4.15. The van der Waals surface area contributed by atoms with E-state index in [-0.39, 0.29) is 0 Å². The Morgan fingerprint density at radius 3 is 2.50 bits per heavy atom. The molecule has 0 radical (unpaired) electrons. The van der Waals surface area contributed by atoms with E-state index in [1.807, 2.05) is 0 Å². The lowest BCUT2D eigenvalue weighted by Crippen LogP contribution is -2.60. The van der Waals surface area contributed by atoms with Crippen LogP contribution in [0.4, 0.5) is 0 Å². The molecule has 1 saturated carbocycles. The summed E-state index contributed by atoms with van der Waals surface area (Å²) in [6.07, 6.45) is 8.52. The smallest absolute Gasteiger partial charge is 0.0335 e. The molecule has 3 nitrogen and oxygen atoms in total. The maximum absolute atomic E-state index is 3.94. The van der Waals surface area contributed by atoms with Gasteiger partial charge in [0, 0.05) is 50.1 Å². The second kappa shape index (κ2) is 6.99. The van der Waals surface area contributed by atoms with Crippen molar-refractivity contribution >= 4 is 11.8 Å².